The van der Waals surface area contributed by atoms with Crippen LogP contribution in [0.1, 0.15) is 2.85 Å². The second-order valence-electron chi connectivity index (χ2n) is 3.13. The number of hydrogen-bond acceptors (Lipinski definition) is 4. The minimum absolute atomic E-state index is 0. The normalized spacial score (nSPS) is 9.22. The summed E-state index contributed by atoms with van der Waals surface area (Å²) >= 11 is 0. The van der Waals surface area contributed by atoms with Gasteiger partial charge in [-0.05, 0) is 0 Å². The van der Waals surface area contributed by atoms with E-state index in [1.54, 1.807) is 18.7 Å². The number of aryl methyl sites for hydroxylation is 2. The molecule has 2 heterocycles. The van der Waals surface area contributed by atoms with Crippen LogP contribution in [-0.4, -0.2) is 73.2 Å². The second kappa shape index (κ2) is 6.57. The maximum absolute atomic E-state index is 11.3. The molecule has 0 spiro atoms. The first-order valence-corrected chi connectivity index (χ1v) is 4.36. The molecule has 0 aromatic carbocycles. The Bertz CT molecular complexity index is 676. The van der Waals surface area contributed by atoms with E-state index in [4.69, 9.17) is 15.0 Å². The van der Waals surface area contributed by atoms with Gasteiger partial charge in [-0.2, -0.15) is 0 Å². The van der Waals surface area contributed by atoms with Crippen molar-refractivity contribution in [1.82, 2.24) is 19.1 Å². The van der Waals surface area contributed by atoms with Gasteiger partial charge in [-0.1, -0.05) is 0 Å². The molecule has 0 saturated carbocycles. The predicted molar refractivity (Wildman–Crippen MR) is 65.2 cm³/mol. The first-order valence-electron chi connectivity index (χ1n) is 4.36. The van der Waals surface area contributed by atoms with Gasteiger partial charge in [0.1, 0.15) is 0 Å². The molecule has 18 heavy (non-hydrogen) atoms. The van der Waals surface area contributed by atoms with Crippen LogP contribution >= 0.6 is 0 Å². The number of fused-ring (bicyclic) bond motifs is 1. The van der Waals surface area contributed by atoms with E-state index in [1.165, 1.54) is 10.9 Å². The van der Waals surface area contributed by atoms with Gasteiger partial charge in [0.05, 0.1) is 6.33 Å². The number of aromatic nitrogens is 4. The van der Waals surface area contributed by atoms with Crippen molar-refractivity contribution in [3.05, 3.63) is 27.2 Å². The number of aromatic amines is 1. The quantitative estimate of drug-likeness (QED) is 0.533. The third-order valence-corrected chi connectivity index (χ3v) is 1.98. The molecular formula is C8H12CaN4O5. The van der Waals surface area contributed by atoms with Crippen LogP contribution in [0.25, 0.3) is 11.2 Å². The number of carbonyl (C=O) groups is 1. The van der Waals surface area contributed by atoms with E-state index < -0.39 is 17.4 Å². The number of carboxylic acid groups (broad SMARTS) is 2. The Morgan fingerprint density at radius 1 is 1.39 bits per heavy atom. The molecule has 96 valence electrons. The Labute approximate surface area is 133 Å². The third-order valence-electron chi connectivity index (χ3n) is 1.98. The summed E-state index contributed by atoms with van der Waals surface area (Å²) < 4.78 is 2.88. The molecule has 10 heteroatoms. The average molecular weight is 284 g/mol. The van der Waals surface area contributed by atoms with Gasteiger partial charge in [0, 0.05) is 14.1 Å². The molecule has 0 fully saturated rings. The van der Waals surface area contributed by atoms with Crippen LogP contribution < -0.4 is 11.2 Å². The van der Waals surface area contributed by atoms with Crippen LogP contribution in [0.15, 0.2) is 15.9 Å². The zero-order valence-corrected chi connectivity index (χ0v) is 12.0. The molecule has 2 aromatic rings. The van der Waals surface area contributed by atoms with Crippen LogP contribution in [0.2, 0.25) is 0 Å². The van der Waals surface area contributed by atoms with Crippen molar-refractivity contribution in [3.63, 3.8) is 0 Å². The summed E-state index contributed by atoms with van der Waals surface area (Å²) in [6, 6.07) is 0. The molecule has 0 saturated heterocycles. The fourth-order valence-corrected chi connectivity index (χ4v) is 1.26. The molecule has 2 rings (SSSR count). The van der Waals surface area contributed by atoms with Crippen molar-refractivity contribution in [2.45, 2.75) is 0 Å². The second-order valence-corrected chi connectivity index (χ2v) is 3.13. The topological polar surface area (TPSA) is 130 Å². The summed E-state index contributed by atoms with van der Waals surface area (Å²) in [5.41, 5.74) is -0.0485. The summed E-state index contributed by atoms with van der Waals surface area (Å²) in [6.45, 7) is 0. The Morgan fingerprint density at radius 2 is 1.89 bits per heavy atom. The number of rotatable bonds is 0. The van der Waals surface area contributed by atoms with Crippen molar-refractivity contribution in [3.8, 4) is 0 Å². The summed E-state index contributed by atoms with van der Waals surface area (Å²) in [7, 11) is 3.27. The van der Waals surface area contributed by atoms with E-state index in [1.807, 2.05) is 0 Å². The first-order chi connectivity index (χ1) is 7.84. The Kier molecular flexibility index (Phi) is 6.09. The van der Waals surface area contributed by atoms with E-state index in [-0.39, 0.29) is 40.6 Å². The Balaban J connectivity index is -0.000000372. The maximum Gasteiger partial charge on any atom is 2.00 e. The summed E-state index contributed by atoms with van der Waals surface area (Å²) in [5.74, 6) is 0. The summed E-state index contributed by atoms with van der Waals surface area (Å²) in [4.78, 5) is 37.1. The van der Waals surface area contributed by atoms with Gasteiger partial charge in [-0.15, -0.1) is 0 Å². The standard InChI is InChI=1S/C7H8N4O2.CH2O3.Ca.2H/c1-10-3-8-5-4(10)6(12)9-7(13)11(5)2;2-1(3)4;;;/h3H,1-2H3,(H,9,12,13);(H2,2,3,4);;;/q;;+2;2*-1. The zero-order valence-electron chi connectivity index (χ0n) is 11.7. The molecule has 0 radical (unpaired) electrons. The zero-order chi connectivity index (χ0) is 13.2. The SMILES string of the molecule is Cn1cnc2c1c(=O)[nH]c(=O)n2C.O=C(O)O.[Ca+2].[H-].[H-]. The Morgan fingerprint density at radius 3 is 2.39 bits per heavy atom. The van der Waals surface area contributed by atoms with Gasteiger partial charge in [0.25, 0.3) is 5.56 Å². The van der Waals surface area contributed by atoms with Gasteiger partial charge in [-0.25, -0.2) is 14.6 Å². The van der Waals surface area contributed by atoms with Crippen molar-refractivity contribution in [2.24, 2.45) is 14.1 Å². The van der Waals surface area contributed by atoms with Crippen LogP contribution in [-0.2, 0) is 14.1 Å². The van der Waals surface area contributed by atoms with Crippen molar-refractivity contribution >= 4 is 55.1 Å². The van der Waals surface area contributed by atoms with E-state index >= 15 is 0 Å². The van der Waals surface area contributed by atoms with Gasteiger partial charge in [0.15, 0.2) is 11.2 Å². The molecule has 9 nitrogen and oxygen atoms in total. The summed E-state index contributed by atoms with van der Waals surface area (Å²) in [6.07, 6.45) is -0.334. The maximum atomic E-state index is 11.3. The van der Waals surface area contributed by atoms with Crippen LogP contribution in [0, 0.1) is 0 Å². The van der Waals surface area contributed by atoms with Gasteiger partial charge in [-0.3, -0.25) is 14.3 Å². The van der Waals surface area contributed by atoms with Crippen molar-refractivity contribution in [2.75, 3.05) is 0 Å². The number of H-pyrrole nitrogens is 1. The van der Waals surface area contributed by atoms with Gasteiger partial charge in [0.2, 0.25) is 0 Å². The first kappa shape index (κ1) is 16.7. The van der Waals surface area contributed by atoms with Crippen molar-refractivity contribution < 1.29 is 17.9 Å². The molecule has 0 aliphatic carbocycles. The number of hydrogen-bond donors (Lipinski definition) is 3. The van der Waals surface area contributed by atoms with E-state index in [0.717, 1.165) is 0 Å². The molecule has 0 atom stereocenters. The molecule has 0 bridgehead atoms. The van der Waals surface area contributed by atoms with Crippen LogP contribution in [0.4, 0.5) is 4.79 Å². The molecule has 0 aliphatic heterocycles. The molecule has 0 aliphatic rings. The smallest absolute Gasteiger partial charge is 1.00 e. The minimum atomic E-state index is -1.83. The molecule has 2 aromatic heterocycles. The van der Waals surface area contributed by atoms with Gasteiger partial charge < -0.3 is 17.6 Å². The predicted octanol–water partition coefficient (Wildman–Crippen LogP) is -0.973. The Hall–Kier alpha value is -1.32. The van der Waals surface area contributed by atoms with Crippen LogP contribution in [0.5, 0.6) is 0 Å². The number of nitrogens with zero attached hydrogens (tertiary/aromatic N) is 3. The third kappa shape index (κ3) is 3.59. The van der Waals surface area contributed by atoms with Crippen molar-refractivity contribution in [1.29, 1.82) is 0 Å². The van der Waals surface area contributed by atoms with Crippen LogP contribution in [0.3, 0.4) is 0 Å². The molecule has 0 amide bonds. The number of nitrogens with one attached hydrogen (secondary N) is 1. The molecule has 0 unspecified atom stereocenters. The fourth-order valence-electron chi connectivity index (χ4n) is 1.26. The van der Waals surface area contributed by atoms with Gasteiger partial charge >= 0.3 is 49.6 Å². The molecular weight excluding hydrogens is 272 g/mol. The summed E-state index contributed by atoms with van der Waals surface area (Å²) in [5, 5.41) is 13.9. The van der Waals surface area contributed by atoms with E-state index in [0.29, 0.717) is 11.2 Å². The molecule has 3 N–H and O–H groups in total. The fraction of sp³-hybridized carbons (Fsp3) is 0.250. The van der Waals surface area contributed by atoms with E-state index in [2.05, 4.69) is 9.97 Å². The largest absolute Gasteiger partial charge is 2.00 e. The van der Waals surface area contributed by atoms with E-state index in [9.17, 15) is 9.59 Å². The monoisotopic (exact) mass is 284 g/mol. The minimum Gasteiger partial charge on any atom is -1.00 e. The number of imidazole rings is 1. The average Bonchev–Trinajstić information content (AvgIpc) is 2.56.